The van der Waals surface area contributed by atoms with Gasteiger partial charge in [0.15, 0.2) is 0 Å². The van der Waals surface area contributed by atoms with E-state index in [1.54, 1.807) is 0 Å². The monoisotopic (exact) mass is 271 g/mol. The van der Waals surface area contributed by atoms with Crippen LogP contribution in [0.5, 0.6) is 0 Å². The fourth-order valence-electron chi connectivity index (χ4n) is 2.19. The van der Waals surface area contributed by atoms with Crippen LogP contribution in [0.4, 0.5) is 4.79 Å². The largest absolute Gasteiger partial charge is 0.481 e. The van der Waals surface area contributed by atoms with E-state index in [0.29, 0.717) is 32.4 Å². The first-order chi connectivity index (χ1) is 8.91. The van der Waals surface area contributed by atoms with Gasteiger partial charge in [-0.25, -0.2) is 4.79 Å². The van der Waals surface area contributed by atoms with Crippen LogP contribution in [0.25, 0.3) is 0 Å². The van der Waals surface area contributed by atoms with E-state index in [4.69, 9.17) is 10.8 Å². The molecule has 108 valence electrons. The van der Waals surface area contributed by atoms with Crippen LogP contribution in [-0.2, 0) is 9.59 Å². The minimum Gasteiger partial charge on any atom is -0.481 e. The predicted octanol–water partition coefficient (Wildman–Crippen LogP) is 0.00410. The van der Waals surface area contributed by atoms with Gasteiger partial charge in [0.25, 0.3) is 0 Å². The Labute approximate surface area is 112 Å². The molecule has 7 nitrogen and oxygen atoms in total. The Balaban J connectivity index is 2.24. The highest BCUT2D eigenvalue weighted by Crippen LogP contribution is 2.22. The molecule has 1 aliphatic rings. The third-order valence-corrected chi connectivity index (χ3v) is 3.34. The first-order valence-corrected chi connectivity index (χ1v) is 6.45. The summed E-state index contributed by atoms with van der Waals surface area (Å²) in [5, 5.41) is 11.7. The Morgan fingerprint density at radius 3 is 2.53 bits per heavy atom. The van der Waals surface area contributed by atoms with E-state index in [1.165, 1.54) is 4.90 Å². The minimum absolute atomic E-state index is 0.0295. The van der Waals surface area contributed by atoms with Crippen LogP contribution in [0.2, 0.25) is 0 Å². The van der Waals surface area contributed by atoms with Crippen molar-refractivity contribution in [1.82, 2.24) is 10.2 Å². The number of carbonyl (C=O) groups excluding carboxylic acids is 2. The quantitative estimate of drug-likeness (QED) is 0.590. The molecule has 1 saturated heterocycles. The highest BCUT2D eigenvalue weighted by Gasteiger charge is 2.36. The molecule has 1 fully saturated rings. The molecule has 1 rings (SSSR count). The van der Waals surface area contributed by atoms with Crippen LogP contribution in [-0.4, -0.2) is 47.5 Å². The molecule has 0 bridgehead atoms. The van der Waals surface area contributed by atoms with Crippen LogP contribution in [0, 0.1) is 11.8 Å². The predicted molar refractivity (Wildman–Crippen MR) is 68.3 cm³/mol. The summed E-state index contributed by atoms with van der Waals surface area (Å²) in [6.07, 6.45) is 1.64. The van der Waals surface area contributed by atoms with Gasteiger partial charge in [-0.15, -0.1) is 0 Å². The molecule has 3 amide bonds. The summed E-state index contributed by atoms with van der Waals surface area (Å²) < 4.78 is 0. The second kappa shape index (κ2) is 6.96. The van der Waals surface area contributed by atoms with Gasteiger partial charge in [0.05, 0.1) is 5.92 Å². The van der Waals surface area contributed by atoms with Gasteiger partial charge in [0.2, 0.25) is 5.91 Å². The average Bonchev–Trinajstić information content (AvgIpc) is 2.70. The number of urea groups is 1. The maximum Gasteiger partial charge on any atom is 0.317 e. The lowest BCUT2D eigenvalue weighted by Gasteiger charge is -2.16. The molecule has 0 saturated carbocycles. The van der Waals surface area contributed by atoms with E-state index >= 15 is 0 Å². The molecule has 0 aromatic rings. The third kappa shape index (κ3) is 4.76. The van der Waals surface area contributed by atoms with E-state index in [-0.39, 0.29) is 24.4 Å². The number of primary amides is 1. The maximum atomic E-state index is 11.8. The number of nitrogens with zero attached hydrogens (tertiary/aromatic N) is 1. The lowest BCUT2D eigenvalue weighted by Crippen LogP contribution is -2.39. The number of likely N-dealkylation sites (tertiary alicyclic amines) is 1. The molecule has 7 heteroatoms. The molecule has 0 aromatic carbocycles. The van der Waals surface area contributed by atoms with Crippen molar-refractivity contribution in [3.05, 3.63) is 0 Å². The van der Waals surface area contributed by atoms with Crippen LogP contribution < -0.4 is 11.1 Å². The zero-order valence-electron chi connectivity index (χ0n) is 11.1. The van der Waals surface area contributed by atoms with Crippen molar-refractivity contribution in [3.63, 3.8) is 0 Å². The Morgan fingerprint density at radius 1 is 1.32 bits per heavy atom. The normalized spacial score (nSPS) is 22.3. The van der Waals surface area contributed by atoms with Crippen LogP contribution in [0.3, 0.4) is 0 Å². The van der Waals surface area contributed by atoms with Crippen molar-refractivity contribution in [3.8, 4) is 0 Å². The second-order valence-corrected chi connectivity index (χ2v) is 4.98. The van der Waals surface area contributed by atoms with Crippen molar-refractivity contribution in [2.24, 2.45) is 17.6 Å². The molecule has 1 aliphatic heterocycles. The van der Waals surface area contributed by atoms with Crippen LogP contribution >= 0.6 is 0 Å². The smallest absolute Gasteiger partial charge is 0.317 e. The summed E-state index contributed by atoms with van der Waals surface area (Å²) in [6.45, 7) is 3.02. The highest BCUT2D eigenvalue weighted by molar-refractivity contribution is 5.77. The Morgan fingerprint density at radius 2 is 2.00 bits per heavy atom. The van der Waals surface area contributed by atoms with Crippen LogP contribution in [0.15, 0.2) is 0 Å². The number of amides is 3. The fraction of sp³-hybridized carbons (Fsp3) is 0.750. The Kier molecular flexibility index (Phi) is 5.59. The summed E-state index contributed by atoms with van der Waals surface area (Å²) >= 11 is 0. The second-order valence-electron chi connectivity index (χ2n) is 4.98. The summed E-state index contributed by atoms with van der Waals surface area (Å²) in [7, 11) is 0. The molecule has 0 aromatic heterocycles. The lowest BCUT2D eigenvalue weighted by atomic mass is 9.99. The SMILES string of the molecule is C[C@@H]1CN(C(=O)NCCCCC(N)=O)C[C@H]1C(=O)O. The molecule has 0 aliphatic carbocycles. The number of rotatable bonds is 6. The first kappa shape index (κ1) is 15.3. The van der Waals surface area contributed by atoms with E-state index in [2.05, 4.69) is 5.32 Å². The number of aliphatic carboxylic acids is 1. The van der Waals surface area contributed by atoms with Gasteiger partial charge in [-0.2, -0.15) is 0 Å². The van der Waals surface area contributed by atoms with Gasteiger partial charge in [0.1, 0.15) is 0 Å². The van der Waals surface area contributed by atoms with Crippen molar-refractivity contribution in [1.29, 1.82) is 0 Å². The van der Waals surface area contributed by atoms with Crippen LogP contribution in [0.1, 0.15) is 26.2 Å². The summed E-state index contributed by atoms with van der Waals surface area (Å²) in [5.74, 6) is -1.72. The molecule has 2 atom stereocenters. The van der Waals surface area contributed by atoms with Gasteiger partial charge in [-0.05, 0) is 18.8 Å². The first-order valence-electron chi connectivity index (χ1n) is 6.45. The van der Waals surface area contributed by atoms with E-state index in [9.17, 15) is 14.4 Å². The number of carboxylic acid groups (broad SMARTS) is 1. The summed E-state index contributed by atoms with van der Waals surface area (Å²) in [4.78, 5) is 34.8. The molecule has 0 spiro atoms. The average molecular weight is 271 g/mol. The van der Waals surface area contributed by atoms with E-state index in [0.717, 1.165) is 0 Å². The molecular weight excluding hydrogens is 250 g/mol. The third-order valence-electron chi connectivity index (χ3n) is 3.34. The Bertz CT molecular complexity index is 359. The number of unbranched alkanes of at least 4 members (excludes halogenated alkanes) is 1. The number of hydrogen-bond donors (Lipinski definition) is 3. The van der Waals surface area contributed by atoms with Gasteiger partial charge in [-0.1, -0.05) is 6.92 Å². The molecule has 1 heterocycles. The molecule has 0 unspecified atom stereocenters. The number of nitrogens with two attached hydrogens (primary N) is 1. The Hall–Kier alpha value is -1.79. The minimum atomic E-state index is -0.857. The standard InChI is InChI=1S/C12H21N3O4/c1-8-6-15(7-9(8)11(17)18)12(19)14-5-3-2-4-10(13)16/h8-9H,2-7H2,1H3,(H2,13,16)(H,14,19)(H,17,18)/t8-,9-/m1/s1. The maximum absolute atomic E-state index is 11.8. The molecular formula is C12H21N3O4. The molecule has 19 heavy (non-hydrogen) atoms. The van der Waals surface area contributed by atoms with Gasteiger partial charge < -0.3 is 21.1 Å². The van der Waals surface area contributed by atoms with E-state index in [1.807, 2.05) is 6.92 Å². The number of carbonyl (C=O) groups is 3. The fourth-order valence-corrected chi connectivity index (χ4v) is 2.19. The van der Waals surface area contributed by atoms with E-state index < -0.39 is 11.9 Å². The highest BCUT2D eigenvalue weighted by atomic mass is 16.4. The number of carboxylic acids is 1. The van der Waals surface area contributed by atoms with Gasteiger partial charge in [-0.3, -0.25) is 9.59 Å². The van der Waals surface area contributed by atoms with Crippen molar-refractivity contribution < 1.29 is 19.5 Å². The van der Waals surface area contributed by atoms with Crippen molar-refractivity contribution in [2.75, 3.05) is 19.6 Å². The zero-order valence-corrected chi connectivity index (χ0v) is 11.1. The zero-order chi connectivity index (χ0) is 14.4. The molecule has 4 N–H and O–H groups in total. The van der Waals surface area contributed by atoms with Crippen molar-refractivity contribution >= 4 is 17.9 Å². The summed E-state index contributed by atoms with van der Waals surface area (Å²) in [5.41, 5.74) is 5.00. The number of nitrogens with one attached hydrogen (secondary N) is 1. The lowest BCUT2D eigenvalue weighted by molar-refractivity contribution is -0.142. The van der Waals surface area contributed by atoms with Crippen molar-refractivity contribution in [2.45, 2.75) is 26.2 Å². The summed E-state index contributed by atoms with van der Waals surface area (Å²) in [6, 6.07) is -0.241. The molecule has 0 radical (unpaired) electrons. The van der Waals surface area contributed by atoms with Gasteiger partial charge >= 0.3 is 12.0 Å². The topological polar surface area (TPSA) is 113 Å². The van der Waals surface area contributed by atoms with Gasteiger partial charge in [0, 0.05) is 26.1 Å². The number of hydrogen-bond acceptors (Lipinski definition) is 3.